The minimum absolute atomic E-state index is 0.331. The van der Waals surface area contributed by atoms with E-state index in [9.17, 15) is 4.79 Å². The second kappa shape index (κ2) is 3.56. The maximum absolute atomic E-state index is 10.8. The molecule has 0 fully saturated rings. The van der Waals surface area contributed by atoms with Gasteiger partial charge in [0.15, 0.2) is 0 Å². The van der Waals surface area contributed by atoms with E-state index in [2.05, 4.69) is 4.98 Å². The first-order valence-corrected chi connectivity index (χ1v) is 4.26. The van der Waals surface area contributed by atoms with E-state index in [1.54, 1.807) is 13.8 Å². The molecule has 0 radical (unpaired) electrons. The van der Waals surface area contributed by atoms with Gasteiger partial charge in [0, 0.05) is 5.69 Å². The number of aromatic nitrogens is 1. The lowest BCUT2D eigenvalue weighted by molar-refractivity contribution is 0.0695. The normalized spacial score (nSPS) is 10.1. The highest BCUT2D eigenvalue weighted by Gasteiger charge is 2.12. The Kier molecular flexibility index (Phi) is 2.66. The standard InChI is InChI=1S/C10H13NO2/c1-4-8-5-6(2)9(10(12)13)7(3)11-8/h5H,4H2,1-3H3,(H,12,13). The molecule has 1 rings (SSSR count). The second-order valence-electron chi connectivity index (χ2n) is 3.05. The van der Waals surface area contributed by atoms with Crippen LogP contribution in [0.5, 0.6) is 0 Å². The summed E-state index contributed by atoms with van der Waals surface area (Å²) in [6, 6.07) is 1.83. The molecule has 0 saturated carbocycles. The lowest BCUT2D eigenvalue weighted by Crippen LogP contribution is -2.06. The molecular weight excluding hydrogens is 166 g/mol. The number of carbonyl (C=O) groups is 1. The monoisotopic (exact) mass is 179 g/mol. The van der Waals surface area contributed by atoms with Crippen molar-refractivity contribution in [2.45, 2.75) is 27.2 Å². The lowest BCUT2D eigenvalue weighted by atomic mass is 10.1. The molecule has 1 aromatic rings. The van der Waals surface area contributed by atoms with Gasteiger partial charge >= 0.3 is 5.97 Å². The third kappa shape index (κ3) is 1.86. The van der Waals surface area contributed by atoms with Crippen LogP contribution >= 0.6 is 0 Å². The molecule has 0 aliphatic rings. The van der Waals surface area contributed by atoms with Gasteiger partial charge in [0.05, 0.1) is 11.3 Å². The van der Waals surface area contributed by atoms with Crippen LogP contribution in [0, 0.1) is 13.8 Å². The van der Waals surface area contributed by atoms with Gasteiger partial charge in [-0.05, 0) is 31.9 Å². The predicted molar refractivity (Wildman–Crippen MR) is 50.0 cm³/mol. The van der Waals surface area contributed by atoms with Gasteiger partial charge in [-0.2, -0.15) is 0 Å². The van der Waals surface area contributed by atoms with Crippen molar-refractivity contribution in [2.75, 3.05) is 0 Å². The van der Waals surface area contributed by atoms with Crippen molar-refractivity contribution in [1.82, 2.24) is 4.98 Å². The summed E-state index contributed by atoms with van der Waals surface area (Å²) in [5.41, 5.74) is 2.67. The number of aryl methyl sites for hydroxylation is 3. The zero-order valence-electron chi connectivity index (χ0n) is 8.09. The molecule has 0 amide bonds. The fourth-order valence-electron chi connectivity index (χ4n) is 1.42. The minimum Gasteiger partial charge on any atom is -0.478 e. The summed E-state index contributed by atoms with van der Waals surface area (Å²) >= 11 is 0. The number of hydrogen-bond acceptors (Lipinski definition) is 2. The zero-order valence-corrected chi connectivity index (χ0v) is 8.09. The van der Waals surface area contributed by atoms with Gasteiger partial charge in [0.1, 0.15) is 0 Å². The molecule has 70 valence electrons. The molecule has 0 bridgehead atoms. The maximum Gasteiger partial charge on any atom is 0.337 e. The Hall–Kier alpha value is -1.38. The Bertz CT molecular complexity index is 322. The molecule has 0 unspecified atom stereocenters. The molecule has 13 heavy (non-hydrogen) atoms. The van der Waals surface area contributed by atoms with Gasteiger partial charge in [-0.25, -0.2) is 4.79 Å². The van der Waals surface area contributed by atoms with Crippen LogP contribution in [0.15, 0.2) is 6.07 Å². The van der Waals surface area contributed by atoms with Crippen LogP contribution in [-0.2, 0) is 6.42 Å². The summed E-state index contributed by atoms with van der Waals surface area (Å²) in [4.78, 5) is 15.0. The van der Waals surface area contributed by atoms with Gasteiger partial charge in [0.25, 0.3) is 0 Å². The maximum atomic E-state index is 10.8. The summed E-state index contributed by atoms with van der Waals surface area (Å²) in [5.74, 6) is -0.898. The van der Waals surface area contributed by atoms with Crippen LogP contribution < -0.4 is 0 Å². The minimum atomic E-state index is -0.898. The van der Waals surface area contributed by atoms with Crippen LogP contribution in [0.2, 0.25) is 0 Å². The van der Waals surface area contributed by atoms with Crippen molar-refractivity contribution in [2.24, 2.45) is 0 Å². The Labute approximate surface area is 77.4 Å². The smallest absolute Gasteiger partial charge is 0.337 e. The predicted octanol–water partition coefficient (Wildman–Crippen LogP) is 1.96. The van der Waals surface area contributed by atoms with Crippen molar-refractivity contribution in [3.63, 3.8) is 0 Å². The highest BCUT2D eigenvalue weighted by atomic mass is 16.4. The van der Waals surface area contributed by atoms with Gasteiger partial charge in [-0.3, -0.25) is 4.98 Å². The van der Waals surface area contributed by atoms with E-state index in [1.165, 1.54) is 0 Å². The van der Waals surface area contributed by atoms with Crippen molar-refractivity contribution < 1.29 is 9.90 Å². The van der Waals surface area contributed by atoms with Crippen LogP contribution in [0.3, 0.4) is 0 Å². The van der Waals surface area contributed by atoms with Crippen LogP contribution in [0.4, 0.5) is 0 Å². The lowest BCUT2D eigenvalue weighted by Gasteiger charge is -2.06. The SMILES string of the molecule is CCc1cc(C)c(C(=O)O)c(C)n1. The van der Waals surface area contributed by atoms with Gasteiger partial charge in [-0.15, -0.1) is 0 Å². The third-order valence-electron chi connectivity index (χ3n) is 2.03. The number of pyridine rings is 1. The number of hydrogen-bond donors (Lipinski definition) is 1. The third-order valence-corrected chi connectivity index (χ3v) is 2.03. The highest BCUT2D eigenvalue weighted by Crippen LogP contribution is 2.13. The molecule has 1 N–H and O–H groups in total. The Morgan fingerprint density at radius 1 is 1.54 bits per heavy atom. The van der Waals surface area contributed by atoms with E-state index < -0.39 is 5.97 Å². The van der Waals surface area contributed by atoms with Crippen molar-refractivity contribution in [3.8, 4) is 0 Å². The number of aromatic carboxylic acids is 1. The first-order valence-electron chi connectivity index (χ1n) is 4.26. The Balaban J connectivity index is 3.31. The average molecular weight is 179 g/mol. The van der Waals surface area contributed by atoms with E-state index in [4.69, 9.17) is 5.11 Å². The van der Waals surface area contributed by atoms with E-state index in [0.29, 0.717) is 11.3 Å². The molecule has 0 aromatic carbocycles. The Morgan fingerprint density at radius 3 is 2.54 bits per heavy atom. The highest BCUT2D eigenvalue weighted by molar-refractivity contribution is 5.90. The van der Waals surface area contributed by atoms with Crippen LogP contribution in [-0.4, -0.2) is 16.1 Å². The first-order chi connectivity index (χ1) is 6.06. The molecule has 0 aliphatic carbocycles. The quantitative estimate of drug-likeness (QED) is 0.755. The van der Waals surface area contributed by atoms with Gasteiger partial charge < -0.3 is 5.11 Å². The summed E-state index contributed by atoms with van der Waals surface area (Å²) in [6.45, 7) is 5.54. The summed E-state index contributed by atoms with van der Waals surface area (Å²) < 4.78 is 0. The molecule has 1 aromatic heterocycles. The summed E-state index contributed by atoms with van der Waals surface area (Å²) in [5, 5.41) is 8.87. The molecule has 0 atom stereocenters. The van der Waals surface area contributed by atoms with Crippen LogP contribution in [0.1, 0.15) is 34.2 Å². The van der Waals surface area contributed by atoms with Gasteiger partial charge in [0.2, 0.25) is 0 Å². The van der Waals surface area contributed by atoms with Crippen molar-refractivity contribution in [1.29, 1.82) is 0 Å². The van der Waals surface area contributed by atoms with Crippen molar-refractivity contribution >= 4 is 5.97 Å². The second-order valence-corrected chi connectivity index (χ2v) is 3.05. The van der Waals surface area contributed by atoms with Crippen molar-refractivity contribution in [3.05, 3.63) is 28.6 Å². The molecule has 3 nitrogen and oxygen atoms in total. The van der Waals surface area contributed by atoms with E-state index in [1.807, 2.05) is 13.0 Å². The number of carboxylic acids is 1. The topological polar surface area (TPSA) is 50.2 Å². The van der Waals surface area contributed by atoms with Gasteiger partial charge in [-0.1, -0.05) is 6.92 Å². The fourth-order valence-corrected chi connectivity index (χ4v) is 1.42. The molecule has 1 heterocycles. The summed E-state index contributed by atoms with van der Waals surface area (Å²) in [6.07, 6.45) is 0.835. The van der Waals surface area contributed by atoms with E-state index in [0.717, 1.165) is 17.7 Å². The zero-order chi connectivity index (χ0) is 10.0. The molecule has 0 spiro atoms. The van der Waals surface area contributed by atoms with Crippen LogP contribution in [0.25, 0.3) is 0 Å². The average Bonchev–Trinajstić information content (AvgIpc) is 2.02. The molecule has 0 saturated heterocycles. The Morgan fingerprint density at radius 2 is 2.15 bits per heavy atom. The number of rotatable bonds is 2. The van der Waals surface area contributed by atoms with E-state index in [-0.39, 0.29) is 0 Å². The molecule has 3 heteroatoms. The fraction of sp³-hybridized carbons (Fsp3) is 0.400. The first kappa shape index (κ1) is 9.71. The summed E-state index contributed by atoms with van der Waals surface area (Å²) in [7, 11) is 0. The molecular formula is C10H13NO2. The number of carboxylic acid groups (broad SMARTS) is 1. The largest absolute Gasteiger partial charge is 0.478 e. The molecule has 0 aliphatic heterocycles. The van der Waals surface area contributed by atoms with E-state index >= 15 is 0 Å². The number of nitrogens with zero attached hydrogens (tertiary/aromatic N) is 1.